The lowest BCUT2D eigenvalue weighted by Crippen LogP contribution is -1.87. The van der Waals surface area contributed by atoms with Crippen molar-refractivity contribution in [3.63, 3.8) is 0 Å². The Labute approximate surface area is 116 Å². The van der Waals surface area contributed by atoms with Gasteiger partial charge in [0.15, 0.2) is 5.15 Å². The predicted octanol–water partition coefficient (Wildman–Crippen LogP) is 4.46. The highest BCUT2D eigenvalue weighted by Gasteiger charge is 2.01. The van der Waals surface area contributed by atoms with Crippen molar-refractivity contribution < 1.29 is 0 Å². The molecule has 1 aromatic heterocycles. The van der Waals surface area contributed by atoms with Crippen LogP contribution in [-0.4, -0.2) is 10.2 Å². The van der Waals surface area contributed by atoms with Crippen molar-refractivity contribution in [3.05, 3.63) is 71.9 Å². The fourth-order valence-corrected chi connectivity index (χ4v) is 2.03. The Hall–Kier alpha value is -2.19. The molecule has 0 N–H and O–H groups in total. The van der Waals surface area contributed by atoms with Gasteiger partial charge in [-0.25, -0.2) is 0 Å². The standard InChI is InChI=1S/C16H11ClN2/c17-16-11-10-15(18-19-16)14-8-6-13(7-9-14)12-4-2-1-3-5-12/h1-11H. The lowest BCUT2D eigenvalue weighted by molar-refractivity contribution is 1.04. The Kier molecular flexibility index (Phi) is 3.25. The van der Waals surface area contributed by atoms with E-state index < -0.39 is 0 Å². The third kappa shape index (κ3) is 2.64. The van der Waals surface area contributed by atoms with Gasteiger partial charge in [-0.15, -0.1) is 10.2 Å². The molecule has 0 spiro atoms. The van der Waals surface area contributed by atoms with Crippen LogP contribution in [-0.2, 0) is 0 Å². The first-order valence-electron chi connectivity index (χ1n) is 5.98. The van der Waals surface area contributed by atoms with Crippen LogP contribution in [0.5, 0.6) is 0 Å². The Morgan fingerprint density at radius 1 is 0.579 bits per heavy atom. The van der Waals surface area contributed by atoms with Gasteiger partial charge in [0.25, 0.3) is 0 Å². The van der Waals surface area contributed by atoms with E-state index in [1.807, 2.05) is 36.4 Å². The average Bonchev–Trinajstić information content (AvgIpc) is 2.49. The molecule has 92 valence electrons. The molecular formula is C16H11ClN2. The third-order valence-electron chi connectivity index (χ3n) is 2.92. The molecule has 0 bridgehead atoms. The van der Waals surface area contributed by atoms with Crippen LogP contribution < -0.4 is 0 Å². The van der Waals surface area contributed by atoms with Gasteiger partial charge in [0.1, 0.15) is 0 Å². The molecule has 0 aliphatic carbocycles. The van der Waals surface area contributed by atoms with Crippen LogP contribution in [0.2, 0.25) is 5.15 Å². The largest absolute Gasteiger partial charge is 0.151 e. The quantitative estimate of drug-likeness (QED) is 0.684. The SMILES string of the molecule is Clc1ccc(-c2ccc(-c3ccccc3)cc2)nn1. The van der Waals surface area contributed by atoms with Gasteiger partial charge in [0, 0.05) is 5.56 Å². The van der Waals surface area contributed by atoms with Crippen molar-refractivity contribution in [3.8, 4) is 22.4 Å². The van der Waals surface area contributed by atoms with Crippen molar-refractivity contribution >= 4 is 11.6 Å². The van der Waals surface area contributed by atoms with Crippen LogP contribution >= 0.6 is 11.6 Å². The maximum Gasteiger partial charge on any atom is 0.151 e. The van der Waals surface area contributed by atoms with Crippen molar-refractivity contribution in [2.75, 3.05) is 0 Å². The zero-order valence-electron chi connectivity index (χ0n) is 10.1. The second-order valence-corrected chi connectivity index (χ2v) is 4.57. The maximum atomic E-state index is 5.73. The van der Waals surface area contributed by atoms with E-state index >= 15 is 0 Å². The summed E-state index contributed by atoms with van der Waals surface area (Å²) < 4.78 is 0. The van der Waals surface area contributed by atoms with E-state index in [1.165, 1.54) is 11.1 Å². The van der Waals surface area contributed by atoms with Crippen LogP contribution in [0.25, 0.3) is 22.4 Å². The zero-order valence-corrected chi connectivity index (χ0v) is 10.9. The van der Waals surface area contributed by atoms with Crippen LogP contribution in [0.1, 0.15) is 0 Å². The van der Waals surface area contributed by atoms with E-state index in [2.05, 4.69) is 34.5 Å². The number of nitrogens with zero attached hydrogens (tertiary/aromatic N) is 2. The summed E-state index contributed by atoms with van der Waals surface area (Å²) in [6.45, 7) is 0. The lowest BCUT2D eigenvalue weighted by Gasteiger charge is -2.03. The fourth-order valence-electron chi connectivity index (χ4n) is 1.93. The van der Waals surface area contributed by atoms with Gasteiger partial charge in [-0.2, -0.15) is 0 Å². The number of benzene rings is 2. The summed E-state index contributed by atoms with van der Waals surface area (Å²) in [5.41, 5.74) is 4.25. The summed E-state index contributed by atoms with van der Waals surface area (Å²) in [4.78, 5) is 0. The molecule has 2 nitrogen and oxygen atoms in total. The topological polar surface area (TPSA) is 25.8 Å². The van der Waals surface area contributed by atoms with E-state index in [9.17, 15) is 0 Å². The molecule has 0 atom stereocenters. The van der Waals surface area contributed by atoms with Crippen molar-refractivity contribution in [1.82, 2.24) is 10.2 Å². The van der Waals surface area contributed by atoms with Gasteiger partial charge in [0.2, 0.25) is 0 Å². The molecule has 0 fully saturated rings. The molecule has 0 amide bonds. The van der Waals surface area contributed by atoms with Crippen molar-refractivity contribution in [2.45, 2.75) is 0 Å². The van der Waals surface area contributed by atoms with Crippen LogP contribution in [0.3, 0.4) is 0 Å². The molecular weight excluding hydrogens is 256 g/mol. The highest BCUT2D eigenvalue weighted by atomic mass is 35.5. The zero-order chi connectivity index (χ0) is 13.1. The predicted molar refractivity (Wildman–Crippen MR) is 77.9 cm³/mol. The molecule has 0 radical (unpaired) electrons. The fraction of sp³-hybridized carbons (Fsp3) is 0. The Bertz CT molecular complexity index is 661. The smallest absolute Gasteiger partial charge is 0.149 e. The molecule has 0 aliphatic heterocycles. The molecule has 3 heteroatoms. The van der Waals surface area contributed by atoms with E-state index in [0.717, 1.165) is 11.3 Å². The minimum absolute atomic E-state index is 0.407. The van der Waals surface area contributed by atoms with Gasteiger partial charge >= 0.3 is 0 Å². The summed E-state index contributed by atoms with van der Waals surface area (Å²) in [5, 5.41) is 8.33. The molecule has 0 saturated heterocycles. The number of hydrogen-bond donors (Lipinski definition) is 0. The van der Waals surface area contributed by atoms with E-state index in [0.29, 0.717) is 5.15 Å². The molecule has 19 heavy (non-hydrogen) atoms. The highest BCUT2D eigenvalue weighted by molar-refractivity contribution is 6.29. The Morgan fingerprint density at radius 3 is 1.84 bits per heavy atom. The number of rotatable bonds is 2. The minimum atomic E-state index is 0.407. The van der Waals surface area contributed by atoms with Crippen LogP contribution in [0, 0.1) is 0 Å². The summed E-state index contributed by atoms with van der Waals surface area (Å²) in [6.07, 6.45) is 0. The summed E-state index contributed by atoms with van der Waals surface area (Å²) in [5.74, 6) is 0. The highest BCUT2D eigenvalue weighted by Crippen LogP contribution is 2.23. The summed E-state index contributed by atoms with van der Waals surface area (Å²) >= 11 is 5.73. The first kappa shape index (κ1) is 11.9. The minimum Gasteiger partial charge on any atom is -0.149 e. The lowest BCUT2D eigenvalue weighted by atomic mass is 10.0. The Morgan fingerprint density at radius 2 is 1.21 bits per heavy atom. The van der Waals surface area contributed by atoms with Gasteiger partial charge < -0.3 is 0 Å². The molecule has 2 aromatic carbocycles. The summed E-state index contributed by atoms with van der Waals surface area (Å²) in [6, 6.07) is 22.1. The van der Waals surface area contributed by atoms with Crippen LogP contribution in [0.15, 0.2) is 66.7 Å². The summed E-state index contributed by atoms with van der Waals surface area (Å²) in [7, 11) is 0. The molecule has 0 aliphatic rings. The number of halogens is 1. The molecule has 3 rings (SSSR count). The van der Waals surface area contributed by atoms with Gasteiger partial charge in [-0.05, 0) is 23.3 Å². The van der Waals surface area contributed by atoms with Gasteiger partial charge in [-0.3, -0.25) is 0 Å². The van der Waals surface area contributed by atoms with Gasteiger partial charge in [-0.1, -0.05) is 66.2 Å². The van der Waals surface area contributed by atoms with Gasteiger partial charge in [0.05, 0.1) is 5.69 Å². The number of hydrogen-bond acceptors (Lipinski definition) is 2. The van der Waals surface area contributed by atoms with E-state index in [4.69, 9.17) is 11.6 Å². The molecule has 1 heterocycles. The van der Waals surface area contributed by atoms with Crippen molar-refractivity contribution in [1.29, 1.82) is 0 Å². The second kappa shape index (κ2) is 5.21. The Balaban J connectivity index is 1.93. The normalized spacial score (nSPS) is 10.4. The molecule has 0 unspecified atom stereocenters. The second-order valence-electron chi connectivity index (χ2n) is 4.18. The first-order chi connectivity index (χ1) is 9.33. The molecule has 0 saturated carbocycles. The first-order valence-corrected chi connectivity index (χ1v) is 6.36. The third-order valence-corrected chi connectivity index (χ3v) is 3.12. The average molecular weight is 267 g/mol. The van der Waals surface area contributed by atoms with E-state index in [-0.39, 0.29) is 0 Å². The number of aromatic nitrogens is 2. The maximum absolute atomic E-state index is 5.73. The van der Waals surface area contributed by atoms with Crippen LogP contribution in [0.4, 0.5) is 0 Å². The van der Waals surface area contributed by atoms with Crippen molar-refractivity contribution in [2.24, 2.45) is 0 Å². The van der Waals surface area contributed by atoms with E-state index in [1.54, 1.807) is 6.07 Å². The molecule has 3 aromatic rings. The monoisotopic (exact) mass is 266 g/mol.